The van der Waals surface area contributed by atoms with Crippen molar-refractivity contribution in [1.82, 2.24) is 0 Å². The van der Waals surface area contributed by atoms with E-state index in [2.05, 4.69) is 6.92 Å². The monoisotopic (exact) mass is 338 g/mol. The Morgan fingerprint density at radius 3 is 2.79 bits per heavy atom. The maximum atomic E-state index is 6.35. The number of methoxy groups -OCH3 is 1. The first-order valence-electron chi connectivity index (χ1n) is 8.98. The first-order valence-corrected chi connectivity index (χ1v) is 8.98. The molecule has 1 aromatic heterocycles. The molecule has 3 heterocycles. The molecular weight excluding hydrogens is 312 g/mol. The zero-order valence-electron chi connectivity index (χ0n) is 14.4. The first kappa shape index (κ1) is 16.4. The first-order chi connectivity index (χ1) is 11.7. The number of hydrogen-bond donors (Lipinski definition) is 0. The normalized spacial score (nSPS) is 34.6. The van der Waals surface area contributed by atoms with Gasteiger partial charge in [-0.05, 0) is 19.3 Å². The largest absolute Gasteiger partial charge is 0.493 e. The molecule has 0 unspecified atom stereocenters. The highest BCUT2D eigenvalue weighted by molar-refractivity contribution is 5.23. The van der Waals surface area contributed by atoms with Gasteiger partial charge in [0.1, 0.15) is 18.8 Å². The zero-order chi connectivity index (χ0) is 16.6. The Kier molecular flexibility index (Phi) is 4.56. The van der Waals surface area contributed by atoms with Crippen LogP contribution >= 0.6 is 0 Å². The highest BCUT2D eigenvalue weighted by Gasteiger charge is 2.57. The molecule has 1 saturated carbocycles. The molecule has 2 saturated heterocycles. The van der Waals surface area contributed by atoms with Crippen molar-refractivity contribution in [2.45, 2.75) is 82.4 Å². The molecule has 0 aromatic carbocycles. The minimum Gasteiger partial charge on any atom is -0.493 e. The summed E-state index contributed by atoms with van der Waals surface area (Å²) >= 11 is 0. The van der Waals surface area contributed by atoms with Gasteiger partial charge < -0.3 is 28.1 Å². The maximum Gasteiger partial charge on any atom is 0.190 e. The second-order valence-corrected chi connectivity index (χ2v) is 6.81. The van der Waals surface area contributed by atoms with Crippen LogP contribution in [-0.2, 0) is 25.6 Å². The minimum absolute atomic E-state index is 0.0260. The van der Waals surface area contributed by atoms with Gasteiger partial charge in [-0.3, -0.25) is 0 Å². The van der Waals surface area contributed by atoms with E-state index in [-0.39, 0.29) is 24.6 Å². The van der Waals surface area contributed by atoms with Gasteiger partial charge in [-0.2, -0.15) is 0 Å². The molecule has 1 spiro atoms. The van der Waals surface area contributed by atoms with Crippen molar-refractivity contribution >= 4 is 0 Å². The molecule has 0 amide bonds. The average Bonchev–Trinajstić information content (AvgIpc) is 3.26. The summed E-state index contributed by atoms with van der Waals surface area (Å²) in [5, 5.41) is 0. The lowest BCUT2D eigenvalue weighted by atomic mass is 9.94. The van der Waals surface area contributed by atoms with Crippen LogP contribution < -0.4 is 4.74 Å². The quantitative estimate of drug-likeness (QED) is 0.820. The van der Waals surface area contributed by atoms with Crippen LogP contribution in [0, 0.1) is 0 Å². The summed E-state index contributed by atoms with van der Waals surface area (Å²) in [4.78, 5) is 0. The van der Waals surface area contributed by atoms with E-state index in [1.807, 2.05) is 0 Å². The number of furan rings is 1. The topological polar surface area (TPSA) is 59.3 Å². The predicted octanol–water partition coefficient (Wildman–Crippen LogP) is 3.38. The van der Waals surface area contributed by atoms with E-state index in [4.69, 9.17) is 28.1 Å². The van der Waals surface area contributed by atoms with E-state index in [0.29, 0.717) is 18.1 Å². The summed E-state index contributed by atoms with van der Waals surface area (Å²) in [6, 6.07) is 1.79. The molecule has 3 fully saturated rings. The molecule has 0 bridgehead atoms. The Morgan fingerprint density at radius 2 is 2.04 bits per heavy atom. The number of fused-ring (bicyclic) bond motifs is 1. The minimum atomic E-state index is -0.462. The van der Waals surface area contributed by atoms with E-state index in [9.17, 15) is 0 Å². The van der Waals surface area contributed by atoms with Crippen LogP contribution in [0.2, 0.25) is 0 Å². The Balaban J connectivity index is 1.44. The van der Waals surface area contributed by atoms with E-state index in [0.717, 1.165) is 32.1 Å². The molecule has 1 aromatic rings. The Labute approximate surface area is 142 Å². The standard InChI is InChI=1S/C18H26O6/c1-3-12-15(21-11-14-13(19-2)7-10-20-14)16-17(22-12)24-18(23-16)8-5-4-6-9-18/h7,10,12,15-17H,3-6,8-9,11H2,1-2H3/t12-,15+,16-,17-/m1/s1. The molecule has 6 heteroatoms. The third-order valence-electron chi connectivity index (χ3n) is 5.30. The third kappa shape index (κ3) is 2.86. The van der Waals surface area contributed by atoms with Crippen molar-refractivity contribution in [3.05, 3.63) is 18.1 Å². The average molecular weight is 338 g/mol. The highest BCUT2D eigenvalue weighted by Crippen LogP contribution is 2.46. The second kappa shape index (κ2) is 6.67. The Hall–Kier alpha value is -1.08. The molecule has 4 rings (SSSR count). The lowest BCUT2D eigenvalue weighted by molar-refractivity contribution is -0.249. The Bertz CT molecular complexity index is 549. The van der Waals surface area contributed by atoms with Crippen molar-refractivity contribution in [2.24, 2.45) is 0 Å². The SMILES string of the molecule is CC[C@H]1O[C@@H]2OC3(CCCCC3)O[C@@H]2[C@H]1OCc1occc1OC. The molecule has 3 aliphatic rings. The van der Waals surface area contributed by atoms with E-state index < -0.39 is 5.79 Å². The van der Waals surface area contributed by atoms with Crippen LogP contribution in [0.4, 0.5) is 0 Å². The van der Waals surface area contributed by atoms with E-state index >= 15 is 0 Å². The summed E-state index contributed by atoms with van der Waals surface area (Å²) in [6.45, 7) is 2.42. The summed E-state index contributed by atoms with van der Waals surface area (Å²) in [7, 11) is 1.62. The van der Waals surface area contributed by atoms with Gasteiger partial charge in [0.2, 0.25) is 0 Å². The van der Waals surface area contributed by atoms with Gasteiger partial charge in [0, 0.05) is 18.9 Å². The van der Waals surface area contributed by atoms with Gasteiger partial charge in [0.15, 0.2) is 23.6 Å². The number of rotatable bonds is 5. The summed E-state index contributed by atoms with van der Waals surface area (Å²) in [5.41, 5.74) is 0. The fourth-order valence-electron chi connectivity index (χ4n) is 4.04. The molecule has 6 nitrogen and oxygen atoms in total. The van der Waals surface area contributed by atoms with Crippen LogP contribution in [0.1, 0.15) is 51.2 Å². The van der Waals surface area contributed by atoms with Crippen LogP contribution in [0.25, 0.3) is 0 Å². The van der Waals surface area contributed by atoms with Gasteiger partial charge in [0.25, 0.3) is 0 Å². The zero-order valence-corrected chi connectivity index (χ0v) is 14.4. The fraction of sp³-hybridized carbons (Fsp3) is 0.778. The molecule has 0 radical (unpaired) electrons. The van der Waals surface area contributed by atoms with Crippen molar-refractivity contribution in [1.29, 1.82) is 0 Å². The molecule has 0 N–H and O–H groups in total. The van der Waals surface area contributed by atoms with Crippen molar-refractivity contribution in [3.8, 4) is 5.75 Å². The van der Waals surface area contributed by atoms with Crippen LogP contribution in [0.15, 0.2) is 16.7 Å². The summed E-state index contributed by atoms with van der Waals surface area (Å²) < 4.78 is 35.5. The lowest BCUT2D eigenvalue weighted by Crippen LogP contribution is -2.39. The number of hydrogen-bond acceptors (Lipinski definition) is 6. The van der Waals surface area contributed by atoms with Gasteiger partial charge in [-0.25, -0.2) is 0 Å². The van der Waals surface area contributed by atoms with Crippen LogP contribution in [-0.4, -0.2) is 37.5 Å². The molecule has 4 atom stereocenters. The molecule has 134 valence electrons. The third-order valence-corrected chi connectivity index (χ3v) is 5.30. The smallest absolute Gasteiger partial charge is 0.190 e. The van der Waals surface area contributed by atoms with E-state index in [1.165, 1.54) is 6.42 Å². The van der Waals surface area contributed by atoms with Crippen molar-refractivity contribution < 1.29 is 28.1 Å². The second-order valence-electron chi connectivity index (χ2n) is 6.81. The highest BCUT2D eigenvalue weighted by atomic mass is 16.8. The molecule has 1 aliphatic carbocycles. The van der Waals surface area contributed by atoms with Crippen molar-refractivity contribution in [2.75, 3.05) is 7.11 Å². The van der Waals surface area contributed by atoms with Gasteiger partial charge in [0.05, 0.1) is 19.5 Å². The number of ether oxygens (including phenoxy) is 5. The Morgan fingerprint density at radius 1 is 1.21 bits per heavy atom. The van der Waals surface area contributed by atoms with Gasteiger partial charge in [-0.15, -0.1) is 0 Å². The molecular formula is C18H26O6. The van der Waals surface area contributed by atoms with Crippen LogP contribution in [0.3, 0.4) is 0 Å². The summed E-state index contributed by atoms with van der Waals surface area (Å²) in [6.07, 6.45) is 7.21. The van der Waals surface area contributed by atoms with Gasteiger partial charge >= 0.3 is 0 Å². The molecule has 2 aliphatic heterocycles. The van der Waals surface area contributed by atoms with Crippen LogP contribution in [0.5, 0.6) is 5.75 Å². The summed E-state index contributed by atoms with van der Waals surface area (Å²) in [5.74, 6) is 0.920. The van der Waals surface area contributed by atoms with E-state index in [1.54, 1.807) is 19.4 Å². The molecule has 24 heavy (non-hydrogen) atoms. The maximum absolute atomic E-state index is 6.35. The lowest BCUT2D eigenvalue weighted by Gasteiger charge is -2.34. The van der Waals surface area contributed by atoms with Gasteiger partial charge in [-0.1, -0.05) is 13.3 Å². The van der Waals surface area contributed by atoms with Crippen molar-refractivity contribution in [3.63, 3.8) is 0 Å². The predicted molar refractivity (Wildman–Crippen MR) is 84.6 cm³/mol. The fourth-order valence-corrected chi connectivity index (χ4v) is 4.04.